The van der Waals surface area contributed by atoms with E-state index in [-0.39, 0.29) is 0 Å². The summed E-state index contributed by atoms with van der Waals surface area (Å²) in [6, 6.07) is 13.5. The van der Waals surface area contributed by atoms with E-state index in [9.17, 15) is 0 Å². The molecule has 3 rings (SSSR count). The van der Waals surface area contributed by atoms with Crippen molar-refractivity contribution in [1.82, 2.24) is 9.78 Å². The Bertz CT molecular complexity index is 941. The SMILES string of the molecule is Cc1ccc(Cn2cc(Br)c(NC(=S)Nc3ccc(Cl)cc3Cl)n2)cc1. The van der Waals surface area contributed by atoms with E-state index in [1.54, 1.807) is 18.2 Å². The number of hydrogen-bond donors (Lipinski definition) is 2. The molecule has 0 aliphatic rings. The molecule has 0 radical (unpaired) electrons. The van der Waals surface area contributed by atoms with Crippen LogP contribution in [0, 0.1) is 6.92 Å². The van der Waals surface area contributed by atoms with E-state index in [1.165, 1.54) is 11.1 Å². The van der Waals surface area contributed by atoms with Crippen LogP contribution in [0.3, 0.4) is 0 Å². The summed E-state index contributed by atoms with van der Waals surface area (Å²) in [5, 5.41) is 12.1. The molecule has 0 saturated heterocycles. The van der Waals surface area contributed by atoms with Crippen molar-refractivity contribution >= 4 is 68.0 Å². The Morgan fingerprint density at radius 3 is 2.58 bits per heavy atom. The molecule has 0 saturated carbocycles. The molecule has 1 aromatic heterocycles. The van der Waals surface area contributed by atoms with Gasteiger partial charge < -0.3 is 10.6 Å². The van der Waals surface area contributed by atoms with Crippen LogP contribution in [-0.4, -0.2) is 14.9 Å². The van der Waals surface area contributed by atoms with Crippen LogP contribution in [0.1, 0.15) is 11.1 Å². The Hall–Kier alpha value is -1.60. The second-order valence-electron chi connectivity index (χ2n) is 5.71. The molecular formula is C18H15BrCl2N4S. The molecule has 0 aliphatic heterocycles. The van der Waals surface area contributed by atoms with Crippen LogP contribution in [0.2, 0.25) is 10.0 Å². The number of hydrogen-bond acceptors (Lipinski definition) is 2. The number of halogens is 3. The molecule has 2 aromatic carbocycles. The smallest absolute Gasteiger partial charge is 0.176 e. The largest absolute Gasteiger partial charge is 0.331 e. The van der Waals surface area contributed by atoms with E-state index in [0.717, 1.165) is 4.47 Å². The van der Waals surface area contributed by atoms with Gasteiger partial charge in [-0.3, -0.25) is 4.68 Å². The lowest BCUT2D eigenvalue weighted by Crippen LogP contribution is -2.20. The Kier molecular flexibility index (Phi) is 6.19. The van der Waals surface area contributed by atoms with Crippen molar-refractivity contribution in [2.24, 2.45) is 0 Å². The third kappa shape index (κ3) is 4.98. The van der Waals surface area contributed by atoms with Crippen LogP contribution in [-0.2, 0) is 6.54 Å². The summed E-state index contributed by atoms with van der Waals surface area (Å²) in [5.41, 5.74) is 3.07. The number of nitrogens with zero attached hydrogens (tertiary/aromatic N) is 2. The van der Waals surface area contributed by atoms with Gasteiger partial charge in [0.25, 0.3) is 0 Å². The minimum Gasteiger partial charge on any atom is -0.331 e. The van der Waals surface area contributed by atoms with Crippen molar-refractivity contribution in [2.75, 3.05) is 10.6 Å². The van der Waals surface area contributed by atoms with Gasteiger partial charge in [0.05, 0.1) is 21.7 Å². The molecule has 0 bridgehead atoms. The monoisotopic (exact) mass is 468 g/mol. The fraction of sp³-hybridized carbons (Fsp3) is 0.111. The Morgan fingerprint density at radius 2 is 1.88 bits per heavy atom. The van der Waals surface area contributed by atoms with Crippen molar-refractivity contribution < 1.29 is 0 Å². The second-order valence-corrected chi connectivity index (χ2v) is 7.82. The van der Waals surface area contributed by atoms with Gasteiger partial charge in [0.15, 0.2) is 10.9 Å². The molecule has 0 unspecified atom stereocenters. The topological polar surface area (TPSA) is 41.9 Å². The van der Waals surface area contributed by atoms with Crippen molar-refractivity contribution in [1.29, 1.82) is 0 Å². The number of aryl methyl sites for hydroxylation is 1. The first-order valence-corrected chi connectivity index (χ1v) is 9.68. The predicted molar refractivity (Wildman–Crippen MR) is 117 cm³/mol. The highest BCUT2D eigenvalue weighted by Crippen LogP contribution is 2.26. The summed E-state index contributed by atoms with van der Waals surface area (Å²) >= 11 is 20.9. The molecule has 4 nitrogen and oxygen atoms in total. The highest BCUT2D eigenvalue weighted by Gasteiger charge is 2.10. The molecule has 0 spiro atoms. The minimum absolute atomic E-state index is 0.385. The maximum absolute atomic E-state index is 6.15. The summed E-state index contributed by atoms with van der Waals surface area (Å²) in [7, 11) is 0. The van der Waals surface area contributed by atoms with Crippen molar-refractivity contribution in [2.45, 2.75) is 13.5 Å². The van der Waals surface area contributed by atoms with Crippen LogP contribution in [0.4, 0.5) is 11.5 Å². The zero-order valence-corrected chi connectivity index (χ0v) is 17.7. The third-order valence-electron chi connectivity index (χ3n) is 3.59. The standard InChI is InChI=1S/C18H15BrCl2N4S/c1-11-2-4-12(5-3-11)9-25-10-14(19)17(24-25)23-18(26)22-16-7-6-13(20)8-15(16)21/h2-8,10H,9H2,1H3,(H2,22,23,24,26). The second kappa shape index (κ2) is 8.39. The highest BCUT2D eigenvalue weighted by atomic mass is 79.9. The van der Waals surface area contributed by atoms with Gasteiger partial charge >= 0.3 is 0 Å². The fourth-order valence-electron chi connectivity index (χ4n) is 2.30. The van der Waals surface area contributed by atoms with Gasteiger partial charge in [-0.15, -0.1) is 0 Å². The zero-order chi connectivity index (χ0) is 18.7. The molecular weight excluding hydrogens is 455 g/mol. The Morgan fingerprint density at radius 1 is 1.15 bits per heavy atom. The average Bonchev–Trinajstić information content (AvgIpc) is 2.91. The maximum Gasteiger partial charge on any atom is 0.176 e. The lowest BCUT2D eigenvalue weighted by molar-refractivity contribution is 0.689. The van der Waals surface area contributed by atoms with Gasteiger partial charge in [-0.1, -0.05) is 53.0 Å². The number of rotatable bonds is 4. The number of anilines is 2. The molecule has 0 amide bonds. The zero-order valence-electron chi connectivity index (χ0n) is 13.8. The lowest BCUT2D eigenvalue weighted by atomic mass is 10.1. The quantitative estimate of drug-likeness (QED) is 0.451. The normalized spacial score (nSPS) is 10.6. The van der Waals surface area contributed by atoms with Crippen LogP contribution >= 0.6 is 51.3 Å². The third-order valence-corrected chi connectivity index (χ3v) is 4.93. The van der Waals surface area contributed by atoms with E-state index in [0.29, 0.717) is 33.2 Å². The molecule has 134 valence electrons. The maximum atomic E-state index is 6.15. The van der Waals surface area contributed by atoms with Crippen molar-refractivity contribution in [3.05, 3.63) is 74.3 Å². The van der Waals surface area contributed by atoms with Gasteiger partial charge in [-0.2, -0.15) is 5.10 Å². The van der Waals surface area contributed by atoms with Crippen LogP contribution in [0.5, 0.6) is 0 Å². The molecule has 26 heavy (non-hydrogen) atoms. The Labute approximate surface area is 175 Å². The van der Waals surface area contributed by atoms with E-state index in [1.807, 2.05) is 10.9 Å². The van der Waals surface area contributed by atoms with Crippen LogP contribution < -0.4 is 10.6 Å². The number of thiocarbonyl (C=S) groups is 1. The van der Waals surface area contributed by atoms with E-state index >= 15 is 0 Å². The van der Waals surface area contributed by atoms with Gasteiger partial charge in [0, 0.05) is 11.2 Å². The average molecular weight is 470 g/mol. The van der Waals surface area contributed by atoms with Gasteiger partial charge in [-0.05, 0) is 58.8 Å². The molecule has 0 fully saturated rings. The van der Waals surface area contributed by atoms with Crippen LogP contribution in [0.25, 0.3) is 0 Å². The first-order valence-electron chi connectivity index (χ1n) is 7.72. The summed E-state index contributed by atoms with van der Waals surface area (Å²) in [5.74, 6) is 0.625. The van der Waals surface area contributed by atoms with Crippen molar-refractivity contribution in [3.8, 4) is 0 Å². The van der Waals surface area contributed by atoms with Gasteiger partial charge in [0.2, 0.25) is 0 Å². The number of aromatic nitrogens is 2. The summed E-state index contributed by atoms with van der Waals surface area (Å²) < 4.78 is 2.66. The molecule has 0 aliphatic carbocycles. The summed E-state index contributed by atoms with van der Waals surface area (Å²) in [4.78, 5) is 0. The Balaban J connectivity index is 1.67. The summed E-state index contributed by atoms with van der Waals surface area (Å²) in [6.07, 6.45) is 1.90. The van der Waals surface area contributed by atoms with E-state index in [4.69, 9.17) is 35.4 Å². The first-order chi connectivity index (χ1) is 12.4. The minimum atomic E-state index is 0.385. The number of nitrogens with one attached hydrogen (secondary N) is 2. The van der Waals surface area contributed by atoms with Crippen molar-refractivity contribution in [3.63, 3.8) is 0 Å². The van der Waals surface area contributed by atoms with E-state index < -0.39 is 0 Å². The molecule has 1 heterocycles. The molecule has 3 aromatic rings. The summed E-state index contributed by atoms with van der Waals surface area (Å²) in [6.45, 7) is 2.74. The first kappa shape index (κ1) is 19.2. The molecule has 2 N–H and O–H groups in total. The predicted octanol–water partition coefficient (Wildman–Crippen LogP) is 6.12. The lowest BCUT2D eigenvalue weighted by Gasteiger charge is -2.10. The molecule has 8 heteroatoms. The molecule has 0 atom stereocenters. The van der Waals surface area contributed by atoms with E-state index in [2.05, 4.69) is 62.9 Å². The highest BCUT2D eigenvalue weighted by molar-refractivity contribution is 9.10. The van der Waals surface area contributed by atoms with Gasteiger partial charge in [0.1, 0.15) is 0 Å². The fourth-order valence-corrected chi connectivity index (χ4v) is 3.37. The van der Waals surface area contributed by atoms with Gasteiger partial charge in [-0.25, -0.2) is 0 Å². The number of benzene rings is 2. The van der Waals surface area contributed by atoms with Crippen LogP contribution in [0.15, 0.2) is 53.1 Å².